The Hall–Kier alpha value is -3.75. The van der Waals surface area contributed by atoms with Crippen molar-refractivity contribution < 1.29 is 38.7 Å². The highest BCUT2D eigenvalue weighted by Gasteiger charge is 2.32. The van der Waals surface area contributed by atoms with Crippen molar-refractivity contribution in [2.45, 2.75) is 97.0 Å². The summed E-state index contributed by atoms with van der Waals surface area (Å²) in [7, 11) is 0. The van der Waals surface area contributed by atoms with Crippen LogP contribution in [-0.4, -0.2) is 76.7 Å². The molecule has 7 amide bonds. The quantitative estimate of drug-likeness (QED) is 0.0859. The van der Waals surface area contributed by atoms with E-state index < -0.39 is 84.5 Å². The number of aliphatic hydroxyl groups is 1. The summed E-state index contributed by atoms with van der Waals surface area (Å²) in [6, 6.07) is -4.65. The van der Waals surface area contributed by atoms with Crippen LogP contribution in [0.15, 0.2) is 0 Å². The first kappa shape index (κ1) is 35.2. The van der Waals surface area contributed by atoms with Crippen LogP contribution in [0, 0.1) is 11.8 Å². The van der Waals surface area contributed by atoms with E-state index in [4.69, 9.17) is 17.2 Å². The van der Waals surface area contributed by atoms with E-state index in [1.165, 1.54) is 0 Å². The number of aliphatic hydroxyl groups excluding tert-OH is 1. The third kappa shape index (κ3) is 14.7. The zero-order valence-corrected chi connectivity index (χ0v) is 23.1. The van der Waals surface area contributed by atoms with Crippen LogP contribution < -0.4 is 38.5 Å². The second kappa shape index (κ2) is 17.0. The summed E-state index contributed by atoms with van der Waals surface area (Å²) in [5, 5.41) is 20.5. The van der Waals surface area contributed by atoms with Crippen LogP contribution in [0.1, 0.15) is 66.7 Å². The highest BCUT2D eigenvalue weighted by molar-refractivity contribution is 5.94. The number of primary amides is 3. The highest BCUT2D eigenvalue weighted by Crippen LogP contribution is 2.13. The molecule has 0 aromatic carbocycles. The number of hydrogen-bond donors (Lipinski definition) is 8. The number of carbonyl (C=O) groups excluding carboxylic acids is 7. The zero-order valence-electron chi connectivity index (χ0n) is 23.1. The van der Waals surface area contributed by atoms with E-state index in [0.717, 1.165) is 6.92 Å². The molecule has 0 radical (unpaired) electrons. The predicted octanol–water partition coefficient (Wildman–Crippen LogP) is -2.98. The van der Waals surface area contributed by atoms with Crippen LogP contribution in [0.25, 0.3) is 0 Å². The van der Waals surface area contributed by atoms with E-state index >= 15 is 0 Å². The van der Waals surface area contributed by atoms with Gasteiger partial charge in [0.1, 0.15) is 18.1 Å². The van der Waals surface area contributed by atoms with E-state index in [1.54, 1.807) is 13.8 Å². The van der Waals surface area contributed by atoms with Gasteiger partial charge in [-0.2, -0.15) is 0 Å². The van der Waals surface area contributed by atoms with Crippen molar-refractivity contribution in [3.8, 4) is 0 Å². The lowest BCUT2D eigenvalue weighted by Crippen LogP contribution is -2.57. The van der Waals surface area contributed by atoms with Gasteiger partial charge >= 0.3 is 0 Å². The first-order valence-electron chi connectivity index (χ1n) is 12.7. The van der Waals surface area contributed by atoms with Crippen LogP contribution in [0.3, 0.4) is 0 Å². The minimum absolute atomic E-state index is 0.0517. The largest absolute Gasteiger partial charge is 0.390 e. The highest BCUT2D eigenvalue weighted by atomic mass is 16.3. The maximum atomic E-state index is 13.1. The fraction of sp³-hybridized carbons (Fsp3) is 0.708. The van der Waals surface area contributed by atoms with Gasteiger partial charge in [0.25, 0.3) is 0 Å². The van der Waals surface area contributed by atoms with Crippen molar-refractivity contribution in [2.75, 3.05) is 0 Å². The van der Waals surface area contributed by atoms with Gasteiger partial charge in [0, 0.05) is 13.3 Å². The Labute approximate surface area is 227 Å². The first-order valence-corrected chi connectivity index (χ1v) is 12.7. The molecule has 0 aliphatic carbocycles. The van der Waals surface area contributed by atoms with Gasteiger partial charge in [-0.15, -0.1) is 0 Å². The Morgan fingerprint density at radius 3 is 1.74 bits per heavy atom. The van der Waals surface area contributed by atoms with Crippen molar-refractivity contribution in [1.29, 1.82) is 0 Å². The van der Waals surface area contributed by atoms with Crippen molar-refractivity contribution in [3.05, 3.63) is 0 Å². The monoisotopic (exact) mass is 557 g/mol. The SMILES string of the molecule is CC(=O)NC(CCC(N)=O)C(=O)NC(CC(N)=O)C(=O)NC(CC(C)C)C(O)CC(=O)NC(C(N)=O)C(C)C. The molecule has 5 atom stereocenters. The topological polar surface area (TPSA) is 266 Å². The second-order valence-electron chi connectivity index (χ2n) is 10.2. The summed E-state index contributed by atoms with van der Waals surface area (Å²) < 4.78 is 0. The summed E-state index contributed by atoms with van der Waals surface area (Å²) in [6.07, 6.45) is -2.65. The van der Waals surface area contributed by atoms with Gasteiger partial charge in [0.2, 0.25) is 41.4 Å². The Morgan fingerprint density at radius 2 is 1.31 bits per heavy atom. The molecule has 0 heterocycles. The molecule has 5 unspecified atom stereocenters. The Morgan fingerprint density at radius 1 is 0.744 bits per heavy atom. The first-order chi connectivity index (χ1) is 17.9. The van der Waals surface area contributed by atoms with Gasteiger partial charge in [-0.25, -0.2) is 0 Å². The molecule has 15 nitrogen and oxygen atoms in total. The summed E-state index contributed by atoms with van der Waals surface area (Å²) in [6.45, 7) is 8.15. The molecule has 0 rings (SSSR count). The smallest absolute Gasteiger partial charge is 0.243 e. The summed E-state index contributed by atoms with van der Waals surface area (Å²) in [5.74, 6) is -5.70. The number of amides is 7. The maximum absolute atomic E-state index is 13.1. The molecule has 0 fully saturated rings. The van der Waals surface area contributed by atoms with Crippen LogP contribution in [0.5, 0.6) is 0 Å². The van der Waals surface area contributed by atoms with Gasteiger partial charge in [-0.1, -0.05) is 27.7 Å². The third-order valence-corrected chi connectivity index (χ3v) is 5.61. The van der Waals surface area contributed by atoms with E-state index in [-0.39, 0.29) is 31.1 Å². The molecule has 0 bridgehead atoms. The summed E-state index contributed by atoms with van der Waals surface area (Å²) in [5.41, 5.74) is 15.7. The minimum atomic E-state index is -1.49. The lowest BCUT2D eigenvalue weighted by Gasteiger charge is -2.29. The fourth-order valence-electron chi connectivity index (χ4n) is 3.72. The van der Waals surface area contributed by atoms with Gasteiger partial charge in [-0.3, -0.25) is 33.6 Å². The Kier molecular flexibility index (Phi) is 15.3. The lowest BCUT2D eigenvalue weighted by molar-refractivity contribution is -0.134. The molecule has 0 aliphatic rings. The average Bonchev–Trinajstić information content (AvgIpc) is 2.77. The molecule has 11 N–H and O–H groups in total. The van der Waals surface area contributed by atoms with Crippen LogP contribution >= 0.6 is 0 Å². The maximum Gasteiger partial charge on any atom is 0.243 e. The number of nitrogens with two attached hydrogens (primary N) is 3. The normalized spacial score (nSPS) is 14.9. The van der Waals surface area contributed by atoms with Crippen LogP contribution in [0.4, 0.5) is 0 Å². The predicted molar refractivity (Wildman–Crippen MR) is 140 cm³/mol. The number of nitrogens with one attached hydrogen (secondary N) is 4. The second-order valence-corrected chi connectivity index (χ2v) is 10.2. The number of rotatable bonds is 18. The molecule has 0 spiro atoms. The number of hydrogen-bond acceptors (Lipinski definition) is 8. The number of carbonyl (C=O) groups is 7. The summed E-state index contributed by atoms with van der Waals surface area (Å²) >= 11 is 0. The van der Waals surface area contributed by atoms with Crippen molar-refractivity contribution in [2.24, 2.45) is 29.0 Å². The molecule has 0 aromatic rings. The standard InChI is InChI=1S/C24H43N7O8/c1-11(2)8-15(17(33)10-20(36)31-21(12(3)4)22(27)37)29-24(39)16(9-19(26)35)30-23(38)14(28-13(5)32)6-7-18(25)34/h11-12,14-17,21,33H,6-10H2,1-5H3,(H2,25,34)(H2,26,35)(H2,27,37)(H,28,32)(H,29,39)(H,30,38)(H,31,36). The molecule has 0 aliphatic heterocycles. The van der Waals surface area contributed by atoms with Gasteiger partial charge in [0.05, 0.1) is 25.0 Å². The van der Waals surface area contributed by atoms with E-state index in [2.05, 4.69) is 21.3 Å². The Bertz CT molecular complexity index is 909. The van der Waals surface area contributed by atoms with E-state index in [9.17, 15) is 38.7 Å². The molecule has 0 saturated heterocycles. The van der Waals surface area contributed by atoms with Gasteiger partial charge in [0.15, 0.2) is 0 Å². The van der Waals surface area contributed by atoms with Crippen molar-refractivity contribution >= 4 is 41.4 Å². The molecular formula is C24H43N7O8. The van der Waals surface area contributed by atoms with Crippen molar-refractivity contribution in [3.63, 3.8) is 0 Å². The Balaban J connectivity index is 5.68. The molecule has 0 saturated carbocycles. The van der Waals surface area contributed by atoms with Crippen molar-refractivity contribution in [1.82, 2.24) is 21.3 Å². The zero-order chi connectivity index (χ0) is 30.4. The lowest BCUT2D eigenvalue weighted by atomic mass is 9.96. The molecule has 0 aromatic heterocycles. The van der Waals surface area contributed by atoms with Crippen LogP contribution in [-0.2, 0) is 33.6 Å². The van der Waals surface area contributed by atoms with Gasteiger partial charge < -0.3 is 43.6 Å². The van der Waals surface area contributed by atoms with E-state index in [1.807, 2.05) is 13.8 Å². The summed E-state index contributed by atoms with van der Waals surface area (Å²) in [4.78, 5) is 84.2. The fourth-order valence-corrected chi connectivity index (χ4v) is 3.72. The average molecular weight is 558 g/mol. The third-order valence-electron chi connectivity index (χ3n) is 5.61. The van der Waals surface area contributed by atoms with Crippen LogP contribution in [0.2, 0.25) is 0 Å². The minimum Gasteiger partial charge on any atom is -0.390 e. The molecule has 39 heavy (non-hydrogen) atoms. The molecule has 15 heteroatoms. The van der Waals surface area contributed by atoms with Gasteiger partial charge in [-0.05, 0) is 24.7 Å². The molecular weight excluding hydrogens is 514 g/mol. The van der Waals surface area contributed by atoms with E-state index in [0.29, 0.717) is 0 Å². The molecule has 222 valence electrons.